The van der Waals surface area contributed by atoms with E-state index in [0.717, 1.165) is 0 Å². The van der Waals surface area contributed by atoms with Gasteiger partial charge >= 0.3 is 0 Å². The van der Waals surface area contributed by atoms with Crippen LogP contribution in [-0.2, 0) is 9.59 Å². The van der Waals surface area contributed by atoms with Gasteiger partial charge in [0.15, 0.2) is 5.78 Å². The van der Waals surface area contributed by atoms with Crippen molar-refractivity contribution in [3.05, 3.63) is 64.7 Å². The highest BCUT2D eigenvalue weighted by Gasteiger charge is 2.17. The maximum Gasteiger partial charge on any atom is 0.238 e. The second-order valence-corrected chi connectivity index (χ2v) is 7.26. The molecule has 0 bridgehead atoms. The highest BCUT2D eigenvalue weighted by Crippen LogP contribution is 2.23. The Kier molecular flexibility index (Phi) is 7.72. The van der Waals surface area contributed by atoms with E-state index in [2.05, 4.69) is 10.6 Å². The summed E-state index contributed by atoms with van der Waals surface area (Å²) in [5.74, 6) is -0.718. The van der Waals surface area contributed by atoms with Crippen molar-refractivity contribution in [1.29, 1.82) is 0 Å². The Morgan fingerprint density at radius 3 is 2.29 bits per heavy atom. The normalized spacial score (nSPS) is 10.8. The first-order valence-electron chi connectivity index (χ1n) is 8.93. The number of amides is 2. The lowest BCUT2D eigenvalue weighted by molar-refractivity contribution is -0.123. The van der Waals surface area contributed by atoms with Gasteiger partial charge in [-0.05, 0) is 39.1 Å². The fourth-order valence-electron chi connectivity index (χ4n) is 2.66. The van der Waals surface area contributed by atoms with E-state index in [1.54, 1.807) is 48.3 Å². The van der Waals surface area contributed by atoms with Crippen molar-refractivity contribution < 1.29 is 14.4 Å². The first kappa shape index (κ1) is 21.6. The number of benzene rings is 2. The molecule has 148 valence electrons. The Bertz CT molecular complexity index is 853. The Morgan fingerprint density at radius 1 is 1.00 bits per heavy atom. The van der Waals surface area contributed by atoms with Crippen LogP contribution in [0.5, 0.6) is 0 Å². The van der Waals surface area contributed by atoms with E-state index >= 15 is 0 Å². The van der Waals surface area contributed by atoms with Gasteiger partial charge in [-0.2, -0.15) is 0 Å². The molecule has 0 unspecified atom stereocenters. The minimum Gasteiger partial charge on any atom is -0.353 e. The number of carbonyl (C=O) groups is 3. The molecule has 0 radical (unpaired) electrons. The van der Waals surface area contributed by atoms with Crippen molar-refractivity contribution in [2.24, 2.45) is 0 Å². The van der Waals surface area contributed by atoms with Gasteiger partial charge in [-0.1, -0.05) is 41.9 Å². The molecule has 0 aliphatic rings. The molecule has 0 fully saturated rings. The van der Waals surface area contributed by atoms with Gasteiger partial charge in [0.2, 0.25) is 11.8 Å². The summed E-state index contributed by atoms with van der Waals surface area (Å²) in [6, 6.07) is 13.6. The number of hydrogen-bond acceptors (Lipinski definition) is 4. The van der Waals surface area contributed by atoms with Crippen molar-refractivity contribution in [2.75, 3.05) is 25.5 Å². The smallest absolute Gasteiger partial charge is 0.238 e. The van der Waals surface area contributed by atoms with Crippen LogP contribution >= 0.6 is 11.6 Å². The summed E-state index contributed by atoms with van der Waals surface area (Å²) in [7, 11) is 1.68. The standard InChI is InChI=1S/C21H24ClN3O3/c1-14(2)23-19(26)12-25(3)13-20(27)24-18-10-9-16(22)11-17(18)21(28)15-7-5-4-6-8-15/h4-11,14H,12-13H2,1-3H3,(H,23,26)(H,24,27). The van der Waals surface area contributed by atoms with Crippen LogP contribution in [0, 0.1) is 0 Å². The minimum absolute atomic E-state index is 0.00705. The molecule has 2 aromatic rings. The zero-order chi connectivity index (χ0) is 20.7. The van der Waals surface area contributed by atoms with Crippen LogP contribution in [0.25, 0.3) is 0 Å². The molecule has 0 saturated heterocycles. The number of likely N-dealkylation sites (N-methyl/N-ethyl adjacent to an activating group) is 1. The van der Waals surface area contributed by atoms with E-state index in [9.17, 15) is 14.4 Å². The second kappa shape index (κ2) is 10.0. The molecule has 2 rings (SSSR count). The van der Waals surface area contributed by atoms with Crippen LogP contribution < -0.4 is 10.6 Å². The summed E-state index contributed by atoms with van der Waals surface area (Å²) >= 11 is 6.05. The highest BCUT2D eigenvalue weighted by atomic mass is 35.5. The molecule has 28 heavy (non-hydrogen) atoms. The summed E-state index contributed by atoms with van der Waals surface area (Å²) in [6.07, 6.45) is 0. The minimum atomic E-state index is -0.329. The van der Waals surface area contributed by atoms with Crippen molar-refractivity contribution in [3.8, 4) is 0 Å². The highest BCUT2D eigenvalue weighted by molar-refractivity contribution is 6.31. The van der Waals surface area contributed by atoms with Crippen LogP contribution in [0.15, 0.2) is 48.5 Å². The number of nitrogens with zero attached hydrogens (tertiary/aromatic N) is 1. The quantitative estimate of drug-likeness (QED) is 0.666. The number of ketones is 1. The Balaban J connectivity index is 2.08. The molecule has 7 heteroatoms. The Hall–Kier alpha value is -2.70. The summed E-state index contributed by atoms with van der Waals surface area (Å²) in [5, 5.41) is 5.92. The van der Waals surface area contributed by atoms with Crippen LogP contribution in [0.3, 0.4) is 0 Å². The van der Waals surface area contributed by atoms with Crippen molar-refractivity contribution >= 4 is 34.9 Å². The fourth-order valence-corrected chi connectivity index (χ4v) is 2.83. The van der Waals surface area contributed by atoms with Crippen LogP contribution in [0.2, 0.25) is 5.02 Å². The number of hydrogen-bond donors (Lipinski definition) is 2. The molecule has 6 nitrogen and oxygen atoms in total. The monoisotopic (exact) mass is 401 g/mol. The number of rotatable bonds is 8. The van der Waals surface area contributed by atoms with E-state index in [1.165, 1.54) is 6.07 Å². The van der Waals surface area contributed by atoms with Gasteiger partial charge in [0, 0.05) is 22.2 Å². The zero-order valence-corrected chi connectivity index (χ0v) is 16.9. The van der Waals surface area contributed by atoms with E-state index in [1.807, 2.05) is 19.9 Å². The predicted octanol–water partition coefficient (Wildman–Crippen LogP) is 2.97. The molecule has 2 N–H and O–H groups in total. The number of carbonyl (C=O) groups excluding carboxylic acids is 3. The summed E-state index contributed by atoms with van der Waals surface area (Å²) in [5.41, 5.74) is 1.19. The topological polar surface area (TPSA) is 78.5 Å². The van der Waals surface area contributed by atoms with Gasteiger partial charge < -0.3 is 10.6 Å². The van der Waals surface area contributed by atoms with E-state index < -0.39 is 0 Å². The van der Waals surface area contributed by atoms with Gasteiger partial charge in [0.25, 0.3) is 0 Å². The van der Waals surface area contributed by atoms with Crippen LogP contribution in [0.1, 0.15) is 29.8 Å². The summed E-state index contributed by atoms with van der Waals surface area (Å²) in [6.45, 7) is 3.85. The molecule has 0 aliphatic carbocycles. The van der Waals surface area contributed by atoms with Crippen molar-refractivity contribution in [3.63, 3.8) is 0 Å². The number of anilines is 1. The number of nitrogens with one attached hydrogen (secondary N) is 2. The molecule has 0 spiro atoms. The van der Waals surface area contributed by atoms with E-state index in [-0.39, 0.29) is 36.7 Å². The SMILES string of the molecule is CC(C)NC(=O)CN(C)CC(=O)Nc1ccc(Cl)cc1C(=O)c1ccccc1. The lowest BCUT2D eigenvalue weighted by Gasteiger charge is -2.18. The second-order valence-electron chi connectivity index (χ2n) is 6.83. The van der Waals surface area contributed by atoms with E-state index in [4.69, 9.17) is 11.6 Å². The molecular formula is C21H24ClN3O3. The fraction of sp³-hybridized carbons (Fsp3) is 0.286. The van der Waals surface area contributed by atoms with Crippen LogP contribution in [-0.4, -0.2) is 48.7 Å². The van der Waals surface area contributed by atoms with Crippen LogP contribution in [0.4, 0.5) is 5.69 Å². The van der Waals surface area contributed by atoms with E-state index in [0.29, 0.717) is 21.8 Å². The molecule has 0 aliphatic heterocycles. The first-order chi connectivity index (χ1) is 13.3. The molecular weight excluding hydrogens is 378 g/mol. The zero-order valence-electron chi connectivity index (χ0n) is 16.2. The third-order valence-corrected chi connectivity index (χ3v) is 4.05. The average molecular weight is 402 g/mol. The third-order valence-electron chi connectivity index (χ3n) is 3.81. The molecule has 0 saturated carbocycles. The average Bonchev–Trinajstić information content (AvgIpc) is 2.62. The third kappa shape index (κ3) is 6.48. The predicted molar refractivity (Wildman–Crippen MR) is 111 cm³/mol. The van der Waals surface area contributed by atoms with Gasteiger partial charge in [0.1, 0.15) is 0 Å². The summed E-state index contributed by atoms with van der Waals surface area (Å²) < 4.78 is 0. The molecule has 2 amide bonds. The molecule has 0 atom stereocenters. The van der Waals surface area contributed by atoms with Crippen molar-refractivity contribution in [1.82, 2.24) is 10.2 Å². The molecule has 2 aromatic carbocycles. The summed E-state index contributed by atoms with van der Waals surface area (Å²) in [4.78, 5) is 38.6. The van der Waals surface area contributed by atoms with Gasteiger partial charge in [-0.3, -0.25) is 19.3 Å². The van der Waals surface area contributed by atoms with Gasteiger partial charge in [0.05, 0.1) is 18.8 Å². The number of halogens is 1. The van der Waals surface area contributed by atoms with Gasteiger partial charge in [-0.25, -0.2) is 0 Å². The van der Waals surface area contributed by atoms with Crippen molar-refractivity contribution in [2.45, 2.75) is 19.9 Å². The maximum absolute atomic E-state index is 12.8. The van der Waals surface area contributed by atoms with Gasteiger partial charge in [-0.15, -0.1) is 0 Å². The molecule has 0 aromatic heterocycles. The maximum atomic E-state index is 12.8. The Morgan fingerprint density at radius 2 is 1.64 bits per heavy atom. The largest absolute Gasteiger partial charge is 0.353 e. The first-order valence-corrected chi connectivity index (χ1v) is 9.31. The Labute approximate surface area is 169 Å². The lowest BCUT2D eigenvalue weighted by Crippen LogP contribution is -2.41. The molecule has 0 heterocycles. The lowest BCUT2D eigenvalue weighted by atomic mass is 10.0.